The lowest BCUT2D eigenvalue weighted by atomic mass is 9.83. The Labute approximate surface area is 178 Å². The van der Waals surface area contributed by atoms with E-state index in [2.05, 4.69) is 46.2 Å². The van der Waals surface area contributed by atoms with Gasteiger partial charge in [0.15, 0.2) is 5.96 Å². The smallest absolute Gasteiger partial charge is 0.191 e. The Balaban J connectivity index is 0.00000338. The van der Waals surface area contributed by atoms with E-state index in [9.17, 15) is 0 Å². The van der Waals surface area contributed by atoms with E-state index in [-0.39, 0.29) is 24.0 Å². The number of nitrogens with zero attached hydrogens (tertiary/aromatic N) is 3. The van der Waals surface area contributed by atoms with Gasteiger partial charge in [-0.1, -0.05) is 33.6 Å². The van der Waals surface area contributed by atoms with Gasteiger partial charge in [-0.25, -0.2) is 0 Å². The lowest BCUT2D eigenvalue weighted by molar-refractivity contribution is 0.124. The van der Waals surface area contributed by atoms with Crippen LogP contribution in [-0.2, 0) is 0 Å². The zero-order chi connectivity index (χ0) is 18.1. The van der Waals surface area contributed by atoms with Crippen molar-refractivity contribution in [3.63, 3.8) is 0 Å². The van der Waals surface area contributed by atoms with Crippen LogP contribution in [0.5, 0.6) is 0 Å². The number of rotatable bonds is 8. The summed E-state index contributed by atoms with van der Waals surface area (Å²) < 4.78 is 0. The molecule has 0 radical (unpaired) electrons. The number of hydrogen-bond donors (Lipinski definition) is 2. The van der Waals surface area contributed by atoms with E-state index in [4.69, 9.17) is 0 Å². The predicted molar refractivity (Wildman–Crippen MR) is 124 cm³/mol. The van der Waals surface area contributed by atoms with Crippen molar-refractivity contribution in [2.24, 2.45) is 16.3 Å². The third-order valence-corrected chi connectivity index (χ3v) is 6.37. The standard InChI is InChI=1S/C20H41N5.HI/c1-5-20(9-7-8-10-20)17-23-19(21-4)22-15-18(3)16-25-13-11-24(6-2)12-14-25;/h18H,5-17H2,1-4H3,(H2,21,22,23);1H. The molecule has 1 aliphatic heterocycles. The van der Waals surface area contributed by atoms with Gasteiger partial charge in [0.2, 0.25) is 0 Å². The fourth-order valence-electron chi connectivity index (χ4n) is 4.34. The predicted octanol–water partition coefficient (Wildman–Crippen LogP) is 3.01. The number of halogens is 1. The fourth-order valence-corrected chi connectivity index (χ4v) is 4.34. The summed E-state index contributed by atoms with van der Waals surface area (Å²) in [5.41, 5.74) is 0.502. The Bertz CT molecular complexity index is 401. The van der Waals surface area contributed by atoms with Crippen LogP contribution in [0.15, 0.2) is 4.99 Å². The number of nitrogens with one attached hydrogen (secondary N) is 2. The first kappa shape index (κ1) is 24.0. The minimum Gasteiger partial charge on any atom is -0.356 e. The minimum absolute atomic E-state index is 0. The van der Waals surface area contributed by atoms with Gasteiger partial charge in [0.05, 0.1) is 0 Å². The van der Waals surface area contributed by atoms with Gasteiger partial charge in [0, 0.05) is 52.9 Å². The maximum absolute atomic E-state index is 4.43. The van der Waals surface area contributed by atoms with E-state index >= 15 is 0 Å². The van der Waals surface area contributed by atoms with Crippen molar-refractivity contribution in [2.45, 2.75) is 52.9 Å². The van der Waals surface area contributed by atoms with Crippen LogP contribution in [0.3, 0.4) is 0 Å². The van der Waals surface area contributed by atoms with Gasteiger partial charge in [0.25, 0.3) is 0 Å². The van der Waals surface area contributed by atoms with Crippen LogP contribution >= 0.6 is 24.0 Å². The van der Waals surface area contributed by atoms with Crippen LogP contribution in [0.1, 0.15) is 52.9 Å². The zero-order valence-electron chi connectivity index (χ0n) is 17.5. The third kappa shape index (κ3) is 7.50. The van der Waals surface area contributed by atoms with Crippen LogP contribution in [0.4, 0.5) is 0 Å². The van der Waals surface area contributed by atoms with Gasteiger partial charge in [-0.05, 0) is 37.1 Å². The normalized spacial score (nSPS) is 22.7. The van der Waals surface area contributed by atoms with Crippen LogP contribution in [0.2, 0.25) is 0 Å². The maximum atomic E-state index is 4.43. The largest absolute Gasteiger partial charge is 0.356 e. The molecule has 1 saturated heterocycles. The first-order chi connectivity index (χ1) is 12.1. The lowest BCUT2D eigenvalue weighted by Crippen LogP contribution is -2.49. The van der Waals surface area contributed by atoms with Crippen LogP contribution < -0.4 is 10.6 Å². The molecule has 26 heavy (non-hydrogen) atoms. The molecule has 1 heterocycles. The van der Waals surface area contributed by atoms with Crippen molar-refractivity contribution < 1.29 is 0 Å². The Morgan fingerprint density at radius 2 is 1.65 bits per heavy atom. The average molecular weight is 479 g/mol. The summed E-state index contributed by atoms with van der Waals surface area (Å²) in [6.45, 7) is 16.2. The van der Waals surface area contributed by atoms with E-state index < -0.39 is 0 Å². The van der Waals surface area contributed by atoms with Crippen molar-refractivity contribution in [1.82, 2.24) is 20.4 Å². The topological polar surface area (TPSA) is 42.9 Å². The second-order valence-corrected chi connectivity index (χ2v) is 8.21. The van der Waals surface area contributed by atoms with Crippen molar-refractivity contribution >= 4 is 29.9 Å². The molecule has 154 valence electrons. The highest BCUT2D eigenvalue weighted by atomic mass is 127. The number of aliphatic imine (C=N–C) groups is 1. The molecular weight excluding hydrogens is 437 g/mol. The molecule has 2 rings (SSSR count). The molecule has 0 aromatic heterocycles. The van der Waals surface area contributed by atoms with Crippen molar-refractivity contribution in [3.8, 4) is 0 Å². The van der Waals surface area contributed by atoms with Crippen LogP contribution in [0.25, 0.3) is 0 Å². The van der Waals surface area contributed by atoms with Crippen LogP contribution in [-0.4, -0.2) is 75.2 Å². The molecule has 1 aliphatic carbocycles. The lowest BCUT2D eigenvalue weighted by Gasteiger charge is -2.35. The summed E-state index contributed by atoms with van der Waals surface area (Å²) >= 11 is 0. The summed E-state index contributed by atoms with van der Waals surface area (Å²) in [4.78, 5) is 9.58. The Morgan fingerprint density at radius 1 is 1.04 bits per heavy atom. The molecule has 1 atom stereocenters. The molecule has 0 bridgehead atoms. The van der Waals surface area contributed by atoms with E-state index in [1.54, 1.807) is 0 Å². The quantitative estimate of drug-likeness (QED) is 0.319. The van der Waals surface area contributed by atoms with Crippen molar-refractivity contribution in [2.75, 3.05) is 59.4 Å². The van der Waals surface area contributed by atoms with Gasteiger partial charge in [-0.15, -0.1) is 24.0 Å². The van der Waals surface area contributed by atoms with Crippen molar-refractivity contribution in [3.05, 3.63) is 0 Å². The molecule has 0 aromatic carbocycles. The molecule has 6 heteroatoms. The first-order valence-corrected chi connectivity index (χ1v) is 10.5. The molecule has 1 saturated carbocycles. The molecule has 0 amide bonds. The molecule has 1 unspecified atom stereocenters. The number of guanidine groups is 1. The van der Waals surface area contributed by atoms with E-state index in [1.165, 1.54) is 71.4 Å². The second kappa shape index (κ2) is 12.4. The first-order valence-electron chi connectivity index (χ1n) is 10.5. The number of piperazine rings is 1. The van der Waals surface area contributed by atoms with Gasteiger partial charge in [-0.3, -0.25) is 4.99 Å². The van der Waals surface area contributed by atoms with Crippen LogP contribution in [0, 0.1) is 11.3 Å². The molecule has 5 nitrogen and oxygen atoms in total. The minimum atomic E-state index is 0. The van der Waals surface area contributed by atoms with Gasteiger partial charge in [-0.2, -0.15) is 0 Å². The summed E-state index contributed by atoms with van der Waals surface area (Å²) in [7, 11) is 1.89. The molecule has 2 aliphatic rings. The molecule has 0 spiro atoms. The highest BCUT2D eigenvalue weighted by Crippen LogP contribution is 2.40. The molecular formula is C20H42IN5. The number of likely N-dealkylation sites (N-methyl/N-ethyl adjacent to an activating group) is 1. The summed E-state index contributed by atoms with van der Waals surface area (Å²) in [5.74, 6) is 1.61. The highest BCUT2D eigenvalue weighted by molar-refractivity contribution is 14.0. The highest BCUT2D eigenvalue weighted by Gasteiger charge is 2.31. The van der Waals surface area contributed by atoms with Gasteiger partial charge in [0.1, 0.15) is 0 Å². The molecule has 2 N–H and O–H groups in total. The molecule has 0 aromatic rings. The van der Waals surface area contributed by atoms with Gasteiger partial charge >= 0.3 is 0 Å². The summed E-state index contributed by atoms with van der Waals surface area (Å²) in [5, 5.41) is 7.14. The molecule has 2 fully saturated rings. The summed E-state index contributed by atoms with van der Waals surface area (Å²) in [6.07, 6.45) is 6.80. The maximum Gasteiger partial charge on any atom is 0.191 e. The van der Waals surface area contributed by atoms with E-state index in [1.807, 2.05) is 7.05 Å². The summed E-state index contributed by atoms with van der Waals surface area (Å²) in [6, 6.07) is 0. The monoisotopic (exact) mass is 479 g/mol. The van der Waals surface area contributed by atoms with E-state index in [0.29, 0.717) is 11.3 Å². The van der Waals surface area contributed by atoms with Gasteiger partial charge < -0.3 is 20.4 Å². The van der Waals surface area contributed by atoms with Crippen molar-refractivity contribution in [1.29, 1.82) is 0 Å². The third-order valence-electron chi connectivity index (χ3n) is 6.37. The fraction of sp³-hybridized carbons (Fsp3) is 0.950. The zero-order valence-corrected chi connectivity index (χ0v) is 19.8. The van der Waals surface area contributed by atoms with E-state index in [0.717, 1.165) is 19.0 Å². The Hall–Kier alpha value is -0.0800. The average Bonchev–Trinajstić information content (AvgIpc) is 3.12. The Morgan fingerprint density at radius 3 is 2.19 bits per heavy atom. The SMILES string of the molecule is CCN1CCN(CC(C)CNC(=NC)NCC2(CC)CCCC2)CC1.I. The second-order valence-electron chi connectivity index (χ2n) is 8.21. The Kier molecular flexibility index (Phi) is 11.4. The number of hydrogen-bond acceptors (Lipinski definition) is 3.